The van der Waals surface area contributed by atoms with Crippen LogP contribution in [0.1, 0.15) is 54.3 Å². The molecule has 1 heteroatoms. The van der Waals surface area contributed by atoms with Crippen molar-refractivity contribution in [3.63, 3.8) is 0 Å². The standard InChI is InChI=1S/C20H25N/c1-21-20(14-13-16-7-3-2-4-8-16)19-12-6-11-18(15-19)17-9-5-10-17/h2-4,6-8,11-12,15,17,20-21H,5,9-10,13-14H2,1H3. The number of aryl methyl sites for hydroxylation is 1. The number of hydrogen-bond acceptors (Lipinski definition) is 1. The third kappa shape index (κ3) is 3.54. The van der Waals surface area contributed by atoms with Crippen LogP contribution < -0.4 is 5.32 Å². The molecule has 0 aliphatic heterocycles. The molecular formula is C20H25N. The van der Waals surface area contributed by atoms with Crippen LogP contribution >= 0.6 is 0 Å². The van der Waals surface area contributed by atoms with Crippen LogP contribution in [-0.2, 0) is 6.42 Å². The quantitative estimate of drug-likeness (QED) is 0.797. The van der Waals surface area contributed by atoms with Gasteiger partial charge in [0.2, 0.25) is 0 Å². The molecule has 0 radical (unpaired) electrons. The first-order valence-electron chi connectivity index (χ1n) is 8.18. The lowest BCUT2D eigenvalue weighted by Gasteiger charge is -2.27. The van der Waals surface area contributed by atoms with Crippen molar-refractivity contribution >= 4 is 0 Å². The highest BCUT2D eigenvalue weighted by Gasteiger charge is 2.20. The second-order valence-electron chi connectivity index (χ2n) is 6.16. The van der Waals surface area contributed by atoms with Gasteiger partial charge in [-0.05, 0) is 55.3 Å². The molecule has 1 fully saturated rings. The molecule has 3 rings (SSSR count). The van der Waals surface area contributed by atoms with Gasteiger partial charge in [-0.1, -0.05) is 61.0 Å². The Morgan fingerprint density at radius 3 is 2.52 bits per heavy atom. The average molecular weight is 279 g/mol. The fourth-order valence-corrected chi connectivity index (χ4v) is 3.20. The van der Waals surface area contributed by atoms with E-state index in [1.807, 2.05) is 0 Å². The van der Waals surface area contributed by atoms with Gasteiger partial charge >= 0.3 is 0 Å². The van der Waals surface area contributed by atoms with Gasteiger partial charge in [-0.2, -0.15) is 0 Å². The second kappa shape index (κ2) is 6.91. The Bertz CT molecular complexity index is 557. The van der Waals surface area contributed by atoms with Crippen LogP contribution in [0.5, 0.6) is 0 Å². The van der Waals surface area contributed by atoms with Crippen LogP contribution in [0.25, 0.3) is 0 Å². The summed E-state index contributed by atoms with van der Waals surface area (Å²) in [6.07, 6.45) is 6.42. The van der Waals surface area contributed by atoms with E-state index in [1.54, 1.807) is 5.56 Å². The summed E-state index contributed by atoms with van der Waals surface area (Å²) < 4.78 is 0. The topological polar surface area (TPSA) is 12.0 Å². The number of rotatable bonds is 6. The lowest BCUT2D eigenvalue weighted by Crippen LogP contribution is -2.18. The Morgan fingerprint density at radius 2 is 1.86 bits per heavy atom. The predicted octanol–water partition coefficient (Wildman–Crippen LogP) is 4.85. The van der Waals surface area contributed by atoms with E-state index < -0.39 is 0 Å². The summed E-state index contributed by atoms with van der Waals surface area (Å²) in [7, 11) is 2.08. The molecule has 0 spiro atoms. The minimum absolute atomic E-state index is 0.449. The van der Waals surface area contributed by atoms with Crippen LogP contribution in [0.2, 0.25) is 0 Å². The van der Waals surface area contributed by atoms with Crippen LogP contribution in [-0.4, -0.2) is 7.05 Å². The van der Waals surface area contributed by atoms with Gasteiger partial charge in [-0.15, -0.1) is 0 Å². The molecule has 2 aromatic rings. The summed E-state index contributed by atoms with van der Waals surface area (Å²) >= 11 is 0. The molecule has 0 saturated heterocycles. The van der Waals surface area contributed by atoms with Crippen LogP contribution in [0.3, 0.4) is 0 Å². The minimum atomic E-state index is 0.449. The first kappa shape index (κ1) is 14.3. The smallest absolute Gasteiger partial charge is 0.0320 e. The van der Waals surface area contributed by atoms with Crippen LogP contribution in [0.15, 0.2) is 54.6 Å². The van der Waals surface area contributed by atoms with Gasteiger partial charge in [0.1, 0.15) is 0 Å². The van der Waals surface area contributed by atoms with E-state index in [2.05, 4.69) is 67.0 Å². The largest absolute Gasteiger partial charge is 0.313 e. The van der Waals surface area contributed by atoms with E-state index in [1.165, 1.54) is 30.4 Å². The highest BCUT2D eigenvalue weighted by Crippen LogP contribution is 2.37. The van der Waals surface area contributed by atoms with Gasteiger partial charge in [0.15, 0.2) is 0 Å². The maximum atomic E-state index is 3.49. The fraction of sp³-hybridized carbons (Fsp3) is 0.400. The molecule has 21 heavy (non-hydrogen) atoms. The van der Waals surface area contributed by atoms with Gasteiger partial charge in [-0.25, -0.2) is 0 Å². The summed E-state index contributed by atoms with van der Waals surface area (Å²) in [5.41, 5.74) is 4.41. The molecule has 0 amide bonds. The van der Waals surface area contributed by atoms with Crippen molar-refractivity contribution in [2.75, 3.05) is 7.05 Å². The highest BCUT2D eigenvalue weighted by molar-refractivity contribution is 5.30. The predicted molar refractivity (Wildman–Crippen MR) is 89.6 cm³/mol. The molecule has 110 valence electrons. The molecule has 0 heterocycles. The molecule has 0 aromatic heterocycles. The zero-order chi connectivity index (χ0) is 14.5. The van der Waals surface area contributed by atoms with E-state index >= 15 is 0 Å². The highest BCUT2D eigenvalue weighted by atomic mass is 14.9. The van der Waals surface area contributed by atoms with Gasteiger partial charge in [0, 0.05) is 6.04 Å². The molecule has 1 unspecified atom stereocenters. The van der Waals surface area contributed by atoms with Crippen LogP contribution in [0.4, 0.5) is 0 Å². The molecular weight excluding hydrogens is 254 g/mol. The van der Waals surface area contributed by atoms with E-state index in [0.29, 0.717) is 6.04 Å². The first-order chi connectivity index (χ1) is 10.4. The summed E-state index contributed by atoms with van der Waals surface area (Å²) in [6, 6.07) is 20.5. The summed E-state index contributed by atoms with van der Waals surface area (Å²) in [5, 5.41) is 3.49. The molecule has 0 bridgehead atoms. The van der Waals surface area contributed by atoms with Crippen molar-refractivity contribution in [2.45, 2.75) is 44.1 Å². The van der Waals surface area contributed by atoms with Crippen molar-refractivity contribution < 1.29 is 0 Å². The third-order valence-corrected chi connectivity index (χ3v) is 4.80. The fourth-order valence-electron chi connectivity index (χ4n) is 3.20. The van der Waals surface area contributed by atoms with Gasteiger partial charge < -0.3 is 5.32 Å². The Labute approximate surface area is 128 Å². The maximum Gasteiger partial charge on any atom is 0.0320 e. The minimum Gasteiger partial charge on any atom is -0.313 e. The monoisotopic (exact) mass is 279 g/mol. The van der Waals surface area contributed by atoms with Crippen molar-refractivity contribution in [2.24, 2.45) is 0 Å². The number of benzene rings is 2. The summed E-state index contributed by atoms with van der Waals surface area (Å²) in [5.74, 6) is 0.816. The summed E-state index contributed by atoms with van der Waals surface area (Å²) in [4.78, 5) is 0. The van der Waals surface area contributed by atoms with E-state index in [0.717, 1.165) is 18.8 Å². The zero-order valence-electron chi connectivity index (χ0n) is 12.9. The second-order valence-corrected chi connectivity index (χ2v) is 6.16. The Hall–Kier alpha value is -1.60. The molecule has 1 aliphatic carbocycles. The maximum absolute atomic E-state index is 3.49. The molecule has 1 N–H and O–H groups in total. The normalized spacial score (nSPS) is 16.4. The number of nitrogens with one attached hydrogen (secondary N) is 1. The molecule has 1 atom stereocenters. The lowest BCUT2D eigenvalue weighted by molar-refractivity contribution is 0.419. The molecule has 1 saturated carbocycles. The Kier molecular flexibility index (Phi) is 4.72. The van der Waals surface area contributed by atoms with E-state index in [-0.39, 0.29) is 0 Å². The molecule has 1 nitrogen and oxygen atoms in total. The van der Waals surface area contributed by atoms with Crippen molar-refractivity contribution in [3.05, 3.63) is 71.3 Å². The van der Waals surface area contributed by atoms with Crippen LogP contribution in [0, 0.1) is 0 Å². The molecule has 1 aliphatic rings. The van der Waals surface area contributed by atoms with Crippen molar-refractivity contribution in [3.8, 4) is 0 Å². The molecule has 2 aromatic carbocycles. The lowest BCUT2D eigenvalue weighted by atomic mass is 9.79. The van der Waals surface area contributed by atoms with Gasteiger partial charge in [0.05, 0.1) is 0 Å². The average Bonchev–Trinajstić information content (AvgIpc) is 2.48. The Morgan fingerprint density at radius 1 is 1.05 bits per heavy atom. The van der Waals surface area contributed by atoms with Gasteiger partial charge in [0.25, 0.3) is 0 Å². The van der Waals surface area contributed by atoms with E-state index in [4.69, 9.17) is 0 Å². The van der Waals surface area contributed by atoms with Crippen molar-refractivity contribution in [1.29, 1.82) is 0 Å². The summed E-state index contributed by atoms with van der Waals surface area (Å²) in [6.45, 7) is 0. The number of hydrogen-bond donors (Lipinski definition) is 1. The Balaban J connectivity index is 1.67. The SMILES string of the molecule is CNC(CCc1ccccc1)c1cccc(C2CCC2)c1. The first-order valence-corrected chi connectivity index (χ1v) is 8.18. The zero-order valence-corrected chi connectivity index (χ0v) is 12.9. The van der Waals surface area contributed by atoms with Crippen molar-refractivity contribution in [1.82, 2.24) is 5.32 Å². The van der Waals surface area contributed by atoms with E-state index in [9.17, 15) is 0 Å². The third-order valence-electron chi connectivity index (χ3n) is 4.80. The van der Waals surface area contributed by atoms with Gasteiger partial charge in [-0.3, -0.25) is 0 Å².